The Morgan fingerprint density at radius 3 is 2.67 bits per heavy atom. The normalized spacial score (nSPS) is 16.2. The molecule has 0 radical (unpaired) electrons. The van der Waals surface area contributed by atoms with Crippen molar-refractivity contribution in [1.29, 1.82) is 0 Å². The zero-order valence-electron chi connectivity index (χ0n) is 19.7. The Hall–Kier alpha value is -3.42. The molecule has 1 aliphatic heterocycles. The topological polar surface area (TPSA) is 92.6 Å². The number of carbonyl (C=O) groups excluding carboxylic acids is 1. The third kappa shape index (κ3) is 6.54. The van der Waals surface area contributed by atoms with E-state index in [9.17, 15) is 9.90 Å². The number of nitrogens with one attached hydrogen (secondary N) is 1. The molecule has 0 bridgehead atoms. The Labute approximate surface area is 195 Å². The summed E-state index contributed by atoms with van der Waals surface area (Å²) in [5.41, 5.74) is 1.42. The third-order valence-electron chi connectivity index (χ3n) is 5.34. The van der Waals surface area contributed by atoms with Gasteiger partial charge in [0.2, 0.25) is 5.91 Å². The highest BCUT2D eigenvalue weighted by molar-refractivity contribution is 5.95. The van der Waals surface area contributed by atoms with Crippen molar-refractivity contribution in [2.24, 2.45) is 11.0 Å². The van der Waals surface area contributed by atoms with E-state index < -0.39 is 0 Å². The third-order valence-corrected chi connectivity index (χ3v) is 5.34. The average molecular weight is 456 g/mol. The van der Waals surface area contributed by atoms with Crippen molar-refractivity contribution < 1.29 is 24.1 Å². The number of phenols is 1. The maximum absolute atomic E-state index is 13.1. The minimum absolute atomic E-state index is 0.0705. The van der Waals surface area contributed by atoms with Gasteiger partial charge in [0.25, 0.3) is 0 Å². The summed E-state index contributed by atoms with van der Waals surface area (Å²) >= 11 is 0. The summed E-state index contributed by atoms with van der Waals surface area (Å²) in [5.74, 6) is 1.93. The molecule has 2 aromatic rings. The van der Waals surface area contributed by atoms with Crippen LogP contribution in [0.2, 0.25) is 0 Å². The molecule has 33 heavy (non-hydrogen) atoms. The molecule has 1 aliphatic rings. The van der Waals surface area contributed by atoms with Crippen molar-refractivity contribution in [3.05, 3.63) is 42.0 Å². The lowest BCUT2D eigenvalue weighted by Crippen LogP contribution is -2.44. The molecule has 8 nitrogen and oxygen atoms in total. The Morgan fingerprint density at radius 2 is 1.94 bits per heavy atom. The molecular weight excluding hydrogens is 422 g/mol. The van der Waals surface area contributed by atoms with Gasteiger partial charge in [0.05, 0.1) is 27.0 Å². The Kier molecular flexibility index (Phi) is 8.40. The van der Waals surface area contributed by atoms with Gasteiger partial charge in [-0.05, 0) is 61.1 Å². The molecule has 0 aliphatic carbocycles. The van der Waals surface area contributed by atoms with Crippen LogP contribution in [0.4, 0.5) is 5.69 Å². The van der Waals surface area contributed by atoms with E-state index >= 15 is 0 Å². The van der Waals surface area contributed by atoms with Crippen LogP contribution < -0.4 is 19.5 Å². The zero-order chi connectivity index (χ0) is 23.8. The average Bonchev–Trinajstić information content (AvgIpc) is 2.82. The summed E-state index contributed by atoms with van der Waals surface area (Å²) in [5, 5.41) is 19.2. The molecule has 0 saturated carbocycles. The van der Waals surface area contributed by atoms with Gasteiger partial charge in [-0.15, -0.1) is 0 Å². The van der Waals surface area contributed by atoms with Crippen molar-refractivity contribution >= 4 is 17.8 Å². The Balaban J connectivity index is 1.72. The number of hydrazone groups is 1. The maximum Gasteiger partial charge on any atom is 0.248 e. The molecule has 8 heteroatoms. The van der Waals surface area contributed by atoms with Gasteiger partial charge in [-0.3, -0.25) is 9.80 Å². The first-order chi connectivity index (χ1) is 15.9. The Morgan fingerprint density at radius 1 is 1.15 bits per heavy atom. The van der Waals surface area contributed by atoms with E-state index in [0.29, 0.717) is 42.0 Å². The number of nitrogens with zero attached hydrogens (tertiary/aromatic N) is 2. The molecule has 0 spiro atoms. The minimum Gasteiger partial charge on any atom is -0.504 e. The van der Waals surface area contributed by atoms with Gasteiger partial charge < -0.3 is 24.6 Å². The minimum atomic E-state index is -0.379. The van der Waals surface area contributed by atoms with Crippen LogP contribution in [-0.4, -0.2) is 55.7 Å². The number of carbonyl (C=O) groups is 1. The second kappa shape index (κ2) is 11.4. The first kappa shape index (κ1) is 24.2. The van der Waals surface area contributed by atoms with E-state index in [1.54, 1.807) is 49.7 Å². The summed E-state index contributed by atoms with van der Waals surface area (Å²) in [6, 6.07) is 10.0. The molecule has 1 fully saturated rings. The van der Waals surface area contributed by atoms with Crippen LogP contribution in [0.25, 0.3) is 0 Å². The van der Waals surface area contributed by atoms with Gasteiger partial charge in [-0.25, -0.2) is 0 Å². The second-order valence-corrected chi connectivity index (χ2v) is 8.41. The first-order valence-electron chi connectivity index (χ1n) is 11.2. The standard InChI is InChI=1S/C25H33N3O5/c1-17(2)16-33-24-14-19(9-11-22(24)31-3)27-25(30)20-7-5-6-12-28(20)26-15-18-8-10-21(29)23(13-18)32-4/h8-11,13-15,17,20,29H,5-7,12,16H2,1-4H3,(H,27,30). The van der Waals surface area contributed by atoms with Crippen molar-refractivity contribution in [3.63, 3.8) is 0 Å². The largest absolute Gasteiger partial charge is 0.504 e. The molecule has 2 aromatic carbocycles. The lowest BCUT2D eigenvalue weighted by molar-refractivity contribution is -0.122. The maximum atomic E-state index is 13.1. The van der Waals surface area contributed by atoms with Crippen LogP contribution in [0.5, 0.6) is 23.0 Å². The number of methoxy groups -OCH3 is 2. The van der Waals surface area contributed by atoms with Gasteiger partial charge in [0.15, 0.2) is 23.0 Å². The number of amides is 1. The van der Waals surface area contributed by atoms with E-state index in [2.05, 4.69) is 24.3 Å². The molecule has 1 saturated heterocycles. The van der Waals surface area contributed by atoms with E-state index in [4.69, 9.17) is 14.2 Å². The van der Waals surface area contributed by atoms with Gasteiger partial charge in [-0.1, -0.05) is 13.8 Å². The number of piperidine rings is 1. The summed E-state index contributed by atoms with van der Waals surface area (Å²) in [4.78, 5) is 13.1. The second-order valence-electron chi connectivity index (χ2n) is 8.41. The first-order valence-corrected chi connectivity index (χ1v) is 11.2. The predicted octanol–water partition coefficient (Wildman–Crippen LogP) is 4.27. The molecule has 1 amide bonds. The lowest BCUT2D eigenvalue weighted by Gasteiger charge is -2.32. The highest BCUT2D eigenvalue weighted by Gasteiger charge is 2.28. The molecule has 1 heterocycles. The smallest absolute Gasteiger partial charge is 0.248 e. The number of aromatic hydroxyl groups is 1. The van der Waals surface area contributed by atoms with Crippen LogP contribution >= 0.6 is 0 Å². The number of ether oxygens (including phenoxy) is 3. The molecule has 1 atom stereocenters. The number of benzene rings is 2. The van der Waals surface area contributed by atoms with Gasteiger partial charge in [0.1, 0.15) is 6.04 Å². The molecule has 3 rings (SSSR count). The van der Waals surface area contributed by atoms with Gasteiger partial charge >= 0.3 is 0 Å². The fraction of sp³-hybridized carbons (Fsp3) is 0.440. The molecule has 2 N–H and O–H groups in total. The van der Waals surface area contributed by atoms with E-state index in [-0.39, 0.29) is 17.7 Å². The number of phenolic OH excluding ortho intramolecular Hbond substituents is 1. The monoisotopic (exact) mass is 455 g/mol. The van der Waals surface area contributed by atoms with Crippen LogP contribution in [-0.2, 0) is 4.79 Å². The SMILES string of the molecule is COc1cc(C=NN2CCCCC2C(=O)Nc2ccc(OC)c(OCC(C)C)c2)ccc1O. The van der Waals surface area contributed by atoms with Crippen molar-refractivity contribution in [1.82, 2.24) is 5.01 Å². The van der Waals surface area contributed by atoms with Crippen LogP contribution in [0, 0.1) is 5.92 Å². The van der Waals surface area contributed by atoms with Crippen LogP contribution in [0.1, 0.15) is 38.7 Å². The lowest BCUT2D eigenvalue weighted by atomic mass is 10.0. The fourth-order valence-electron chi connectivity index (χ4n) is 3.59. The quantitative estimate of drug-likeness (QED) is 0.549. The highest BCUT2D eigenvalue weighted by Crippen LogP contribution is 2.31. The van der Waals surface area contributed by atoms with Gasteiger partial charge in [0, 0.05) is 18.3 Å². The summed E-state index contributed by atoms with van der Waals surface area (Å²) in [7, 11) is 3.09. The highest BCUT2D eigenvalue weighted by atomic mass is 16.5. The predicted molar refractivity (Wildman–Crippen MR) is 129 cm³/mol. The fourth-order valence-corrected chi connectivity index (χ4v) is 3.59. The van der Waals surface area contributed by atoms with E-state index in [1.807, 2.05) is 5.01 Å². The summed E-state index contributed by atoms with van der Waals surface area (Å²) in [6.45, 7) is 5.39. The number of hydrogen-bond acceptors (Lipinski definition) is 7. The molecular formula is C25H33N3O5. The number of hydrogen-bond donors (Lipinski definition) is 2. The number of rotatable bonds is 9. The molecule has 0 aromatic heterocycles. The van der Waals surface area contributed by atoms with E-state index in [0.717, 1.165) is 24.8 Å². The van der Waals surface area contributed by atoms with Crippen LogP contribution in [0.3, 0.4) is 0 Å². The van der Waals surface area contributed by atoms with Crippen molar-refractivity contribution in [2.75, 3.05) is 32.7 Å². The number of anilines is 1. The Bertz CT molecular complexity index is 977. The van der Waals surface area contributed by atoms with Crippen LogP contribution in [0.15, 0.2) is 41.5 Å². The summed E-state index contributed by atoms with van der Waals surface area (Å²) in [6.07, 6.45) is 4.33. The van der Waals surface area contributed by atoms with Gasteiger partial charge in [-0.2, -0.15) is 5.10 Å². The molecule has 178 valence electrons. The molecule has 1 unspecified atom stereocenters. The van der Waals surface area contributed by atoms with Crippen molar-refractivity contribution in [3.8, 4) is 23.0 Å². The van der Waals surface area contributed by atoms with Crippen molar-refractivity contribution in [2.45, 2.75) is 39.2 Å². The van der Waals surface area contributed by atoms with E-state index in [1.165, 1.54) is 7.11 Å². The zero-order valence-corrected chi connectivity index (χ0v) is 19.7. The summed E-state index contributed by atoms with van der Waals surface area (Å²) < 4.78 is 16.4.